The van der Waals surface area contributed by atoms with Gasteiger partial charge in [-0.05, 0) is 38.8 Å². The Kier molecular flexibility index (Phi) is 5.53. The molecule has 1 N–H and O–H groups in total. The van der Waals surface area contributed by atoms with Crippen LogP contribution in [0.5, 0.6) is 0 Å². The third-order valence-electron chi connectivity index (χ3n) is 3.92. The van der Waals surface area contributed by atoms with Crippen molar-refractivity contribution in [3.05, 3.63) is 30.1 Å². The van der Waals surface area contributed by atoms with Gasteiger partial charge in [0, 0.05) is 25.3 Å². The van der Waals surface area contributed by atoms with Crippen LogP contribution in [0.25, 0.3) is 0 Å². The van der Waals surface area contributed by atoms with Gasteiger partial charge in [0.2, 0.25) is 5.91 Å². The van der Waals surface area contributed by atoms with Gasteiger partial charge >= 0.3 is 0 Å². The molecule has 2 atom stereocenters. The predicted molar refractivity (Wildman–Crippen MR) is 80.3 cm³/mol. The average molecular weight is 275 g/mol. The van der Waals surface area contributed by atoms with E-state index in [1.54, 1.807) is 6.20 Å². The molecular formula is C16H25N3O. The molecule has 1 aromatic heterocycles. The Balaban J connectivity index is 1.90. The van der Waals surface area contributed by atoms with E-state index in [0.29, 0.717) is 0 Å². The second-order valence-electron chi connectivity index (χ2n) is 5.60. The van der Waals surface area contributed by atoms with Gasteiger partial charge < -0.3 is 4.90 Å². The van der Waals surface area contributed by atoms with E-state index in [1.165, 1.54) is 12.8 Å². The van der Waals surface area contributed by atoms with E-state index < -0.39 is 0 Å². The minimum Gasteiger partial charge on any atom is -0.341 e. The van der Waals surface area contributed by atoms with Gasteiger partial charge in [-0.3, -0.25) is 15.1 Å². The number of nitrogens with zero attached hydrogens (tertiary/aromatic N) is 2. The molecule has 2 rings (SSSR count). The first-order valence-electron chi connectivity index (χ1n) is 7.64. The molecule has 4 nitrogen and oxygen atoms in total. The lowest BCUT2D eigenvalue weighted by molar-refractivity contribution is -0.133. The molecule has 0 bridgehead atoms. The molecule has 1 aliphatic rings. The van der Waals surface area contributed by atoms with Crippen molar-refractivity contribution in [3.63, 3.8) is 0 Å². The van der Waals surface area contributed by atoms with Crippen molar-refractivity contribution < 1.29 is 4.79 Å². The molecule has 1 amide bonds. The summed E-state index contributed by atoms with van der Waals surface area (Å²) in [7, 11) is 0. The van der Waals surface area contributed by atoms with Crippen LogP contribution in [0.3, 0.4) is 0 Å². The number of likely N-dealkylation sites (tertiary alicyclic amines) is 1. The van der Waals surface area contributed by atoms with Gasteiger partial charge in [-0.2, -0.15) is 0 Å². The van der Waals surface area contributed by atoms with Crippen LogP contribution in [-0.4, -0.2) is 34.9 Å². The summed E-state index contributed by atoms with van der Waals surface area (Å²) in [6.45, 7) is 5.81. The molecule has 0 radical (unpaired) electrons. The molecule has 0 spiro atoms. The van der Waals surface area contributed by atoms with E-state index in [9.17, 15) is 4.79 Å². The second-order valence-corrected chi connectivity index (χ2v) is 5.60. The van der Waals surface area contributed by atoms with Gasteiger partial charge in [-0.1, -0.05) is 18.9 Å². The third-order valence-corrected chi connectivity index (χ3v) is 3.92. The van der Waals surface area contributed by atoms with Gasteiger partial charge in [-0.25, -0.2) is 0 Å². The standard InChI is InChI=1S/C16H25N3O/c1-13(15-9-5-6-10-17-15)18-14(2)16(20)19-11-7-3-4-8-12-19/h5-6,9-10,13-14,18H,3-4,7-8,11-12H2,1-2H3. The Labute approximate surface area is 121 Å². The van der Waals surface area contributed by atoms with Gasteiger partial charge in [0.25, 0.3) is 0 Å². The summed E-state index contributed by atoms with van der Waals surface area (Å²) in [6, 6.07) is 5.79. The zero-order valence-electron chi connectivity index (χ0n) is 12.5. The Morgan fingerprint density at radius 2 is 1.90 bits per heavy atom. The maximum Gasteiger partial charge on any atom is 0.239 e. The van der Waals surface area contributed by atoms with E-state index in [1.807, 2.05) is 30.0 Å². The number of aromatic nitrogens is 1. The normalized spacial score (nSPS) is 19.2. The molecule has 1 saturated heterocycles. The highest BCUT2D eigenvalue weighted by atomic mass is 16.2. The molecule has 4 heteroatoms. The number of hydrogen-bond donors (Lipinski definition) is 1. The van der Waals surface area contributed by atoms with Crippen molar-refractivity contribution in [3.8, 4) is 0 Å². The number of nitrogens with one attached hydrogen (secondary N) is 1. The van der Waals surface area contributed by atoms with Crippen LogP contribution in [0.1, 0.15) is 51.3 Å². The summed E-state index contributed by atoms with van der Waals surface area (Å²) in [5.74, 6) is 0.217. The lowest BCUT2D eigenvalue weighted by Crippen LogP contribution is -2.46. The Hall–Kier alpha value is -1.42. The topological polar surface area (TPSA) is 45.2 Å². The summed E-state index contributed by atoms with van der Waals surface area (Å²) in [4.78, 5) is 18.8. The first-order chi connectivity index (χ1) is 9.68. The monoisotopic (exact) mass is 275 g/mol. The highest BCUT2D eigenvalue weighted by molar-refractivity contribution is 5.81. The summed E-state index contributed by atoms with van der Waals surface area (Å²) in [5.41, 5.74) is 0.975. The molecule has 20 heavy (non-hydrogen) atoms. The van der Waals surface area contributed by atoms with Gasteiger partial charge in [-0.15, -0.1) is 0 Å². The highest BCUT2D eigenvalue weighted by Crippen LogP contribution is 2.13. The zero-order chi connectivity index (χ0) is 14.4. The molecule has 0 saturated carbocycles. The first-order valence-corrected chi connectivity index (χ1v) is 7.64. The van der Waals surface area contributed by atoms with Crippen molar-refractivity contribution in [2.75, 3.05) is 13.1 Å². The maximum absolute atomic E-state index is 12.5. The van der Waals surface area contributed by atoms with Crippen molar-refractivity contribution in [1.82, 2.24) is 15.2 Å². The van der Waals surface area contributed by atoms with Crippen molar-refractivity contribution in [2.24, 2.45) is 0 Å². The summed E-state index contributed by atoms with van der Waals surface area (Å²) in [6.07, 6.45) is 6.54. The Morgan fingerprint density at radius 3 is 2.50 bits per heavy atom. The van der Waals surface area contributed by atoms with Gasteiger partial charge in [0.05, 0.1) is 11.7 Å². The fraction of sp³-hybridized carbons (Fsp3) is 0.625. The molecule has 2 heterocycles. The van der Waals surface area contributed by atoms with Gasteiger partial charge in [0.1, 0.15) is 0 Å². The van der Waals surface area contributed by atoms with Crippen LogP contribution in [0.15, 0.2) is 24.4 Å². The van der Waals surface area contributed by atoms with Crippen molar-refractivity contribution in [1.29, 1.82) is 0 Å². The molecule has 2 unspecified atom stereocenters. The highest BCUT2D eigenvalue weighted by Gasteiger charge is 2.22. The van der Waals surface area contributed by atoms with Crippen LogP contribution in [0.4, 0.5) is 0 Å². The number of carbonyl (C=O) groups is 1. The van der Waals surface area contributed by atoms with E-state index >= 15 is 0 Å². The van der Waals surface area contributed by atoms with E-state index in [2.05, 4.69) is 17.2 Å². The zero-order valence-corrected chi connectivity index (χ0v) is 12.5. The van der Waals surface area contributed by atoms with E-state index in [0.717, 1.165) is 31.6 Å². The molecular weight excluding hydrogens is 250 g/mol. The summed E-state index contributed by atoms with van der Waals surface area (Å²) < 4.78 is 0. The number of carbonyl (C=O) groups excluding carboxylic acids is 1. The largest absolute Gasteiger partial charge is 0.341 e. The lowest BCUT2D eigenvalue weighted by atomic mass is 10.1. The number of amides is 1. The van der Waals surface area contributed by atoms with Crippen LogP contribution >= 0.6 is 0 Å². The third kappa shape index (κ3) is 4.04. The molecule has 1 aromatic rings. The van der Waals surface area contributed by atoms with E-state index in [-0.39, 0.29) is 18.0 Å². The van der Waals surface area contributed by atoms with Crippen molar-refractivity contribution in [2.45, 2.75) is 51.6 Å². The molecule has 110 valence electrons. The summed E-state index contributed by atoms with van der Waals surface area (Å²) in [5, 5.41) is 3.36. The first kappa shape index (κ1) is 15.0. The number of rotatable bonds is 4. The van der Waals surface area contributed by atoms with Crippen LogP contribution < -0.4 is 5.32 Å². The molecule has 1 aliphatic heterocycles. The minimum atomic E-state index is -0.162. The quantitative estimate of drug-likeness (QED) is 0.918. The number of pyridine rings is 1. The van der Waals surface area contributed by atoms with Crippen molar-refractivity contribution >= 4 is 5.91 Å². The summed E-state index contributed by atoms with van der Waals surface area (Å²) >= 11 is 0. The van der Waals surface area contributed by atoms with Crippen LogP contribution in [0.2, 0.25) is 0 Å². The second kappa shape index (κ2) is 7.39. The lowest BCUT2D eigenvalue weighted by Gasteiger charge is -2.26. The maximum atomic E-state index is 12.5. The predicted octanol–water partition coefficient (Wildman–Crippen LogP) is 2.52. The fourth-order valence-electron chi connectivity index (χ4n) is 2.73. The molecule has 0 aromatic carbocycles. The Bertz CT molecular complexity index is 413. The average Bonchev–Trinajstić information content (AvgIpc) is 2.76. The number of hydrogen-bond acceptors (Lipinski definition) is 3. The van der Waals surface area contributed by atoms with E-state index in [4.69, 9.17) is 0 Å². The molecule has 0 aliphatic carbocycles. The minimum absolute atomic E-state index is 0.0853. The SMILES string of the molecule is CC(NC(C)c1ccccn1)C(=O)N1CCCCCC1. The van der Waals surface area contributed by atoms with Crippen LogP contribution in [-0.2, 0) is 4.79 Å². The Morgan fingerprint density at radius 1 is 1.20 bits per heavy atom. The fourth-order valence-corrected chi connectivity index (χ4v) is 2.73. The van der Waals surface area contributed by atoms with Crippen LogP contribution in [0, 0.1) is 0 Å². The van der Waals surface area contributed by atoms with Gasteiger partial charge in [0.15, 0.2) is 0 Å². The molecule has 1 fully saturated rings. The smallest absolute Gasteiger partial charge is 0.239 e.